The van der Waals surface area contributed by atoms with Gasteiger partial charge in [-0.2, -0.15) is 0 Å². The van der Waals surface area contributed by atoms with Crippen LogP contribution in [0.4, 0.5) is 5.69 Å². The second kappa shape index (κ2) is 15.4. The highest BCUT2D eigenvalue weighted by Gasteiger charge is 2.40. The van der Waals surface area contributed by atoms with Crippen LogP contribution in [0.25, 0.3) is 0 Å². The molecule has 2 aliphatic carbocycles. The highest BCUT2D eigenvalue weighted by atomic mass is 35.5. The van der Waals surface area contributed by atoms with Crippen LogP contribution in [0.1, 0.15) is 66.4 Å². The van der Waals surface area contributed by atoms with Crippen molar-refractivity contribution >= 4 is 33.1 Å². The van der Waals surface area contributed by atoms with E-state index in [1.807, 2.05) is 30.3 Å². The number of aryl methyl sites for hydroxylation is 1. The molecule has 0 spiro atoms. The SMILES string of the molecule is COC(=O)c1ccc2c(c1)N(C[C@@H]1CC[C@H]1C(OC)C1=CCC(CS(=O)(=O)c3ncccn3)CC1)CCCCc1cc(Cl)ccc1CO2. The van der Waals surface area contributed by atoms with Crippen molar-refractivity contribution in [3.8, 4) is 5.75 Å². The molecule has 48 heavy (non-hydrogen) atoms. The summed E-state index contributed by atoms with van der Waals surface area (Å²) in [6.07, 6.45) is 12.5. The number of aromatic nitrogens is 2. The number of benzene rings is 2. The van der Waals surface area contributed by atoms with Crippen LogP contribution in [0.5, 0.6) is 5.75 Å². The molecular formula is C37H44ClN3O6S. The van der Waals surface area contributed by atoms with Gasteiger partial charge < -0.3 is 19.1 Å². The average molecular weight is 694 g/mol. The summed E-state index contributed by atoms with van der Waals surface area (Å²) >= 11 is 6.35. The predicted octanol–water partition coefficient (Wildman–Crippen LogP) is 6.88. The molecule has 1 saturated carbocycles. The Morgan fingerprint density at radius 1 is 1.04 bits per heavy atom. The fourth-order valence-corrected chi connectivity index (χ4v) is 9.15. The number of fused-ring (bicyclic) bond motifs is 2. The monoisotopic (exact) mass is 693 g/mol. The summed E-state index contributed by atoms with van der Waals surface area (Å²) in [5.74, 6) is 1.17. The molecule has 0 amide bonds. The summed E-state index contributed by atoms with van der Waals surface area (Å²) in [7, 11) is -0.351. The summed E-state index contributed by atoms with van der Waals surface area (Å²) in [6, 6.07) is 13.2. The predicted molar refractivity (Wildman–Crippen MR) is 185 cm³/mol. The van der Waals surface area contributed by atoms with E-state index in [9.17, 15) is 13.2 Å². The number of rotatable bonds is 9. The van der Waals surface area contributed by atoms with Gasteiger partial charge in [0.2, 0.25) is 15.0 Å². The molecule has 1 aliphatic heterocycles. The molecule has 11 heteroatoms. The van der Waals surface area contributed by atoms with Crippen LogP contribution in [-0.4, -0.2) is 63.5 Å². The van der Waals surface area contributed by atoms with E-state index in [1.54, 1.807) is 19.2 Å². The molecule has 6 rings (SSSR count). The Hall–Kier alpha value is -3.47. The molecular weight excluding hydrogens is 650 g/mol. The van der Waals surface area contributed by atoms with Crippen molar-refractivity contribution in [2.24, 2.45) is 17.8 Å². The quantitative estimate of drug-likeness (QED) is 0.135. The lowest BCUT2D eigenvalue weighted by Gasteiger charge is -2.45. The Labute approximate surface area is 288 Å². The first-order valence-corrected chi connectivity index (χ1v) is 18.9. The standard InChI is InChI=1S/C37H44ClN3O6S/c1-45-35(26-9-7-25(8-10-26)24-48(43,44)37-39-17-5-18-40-37)32-15-12-29(32)22-41-19-4-3-6-27-20-31(38)14-11-30(27)23-47-34-16-13-28(21-33(34)41)36(42)46-2/h5,9,11,13-14,16-18,20-21,25,29,32,35H,3-4,6-8,10,12,15,19,22-24H2,1-2H3/t25?,29-,32+,35?/m0/s1. The first-order valence-electron chi connectivity index (χ1n) is 16.8. The van der Waals surface area contributed by atoms with Crippen molar-refractivity contribution in [2.45, 2.75) is 69.2 Å². The number of hydrogen-bond acceptors (Lipinski definition) is 9. The average Bonchev–Trinajstić information content (AvgIpc) is 3.12. The van der Waals surface area contributed by atoms with Crippen molar-refractivity contribution in [1.29, 1.82) is 0 Å². The number of halogens is 1. The van der Waals surface area contributed by atoms with E-state index in [2.05, 4.69) is 20.9 Å². The van der Waals surface area contributed by atoms with Gasteiger partial charge in [0.1, 0.15) is 12.4 Å². The Balaban J connectivity index is 1.18. The maximum Gasteiger partial charge on any atom is 0.337 e. The zero-order valence-electron chi connectivity index (χ0n) is 27.6. The fraction of sp³-hybridized carbons (Fsp3) is 0.486. The summed E-state index contributed by atoms with van der Waals surface area (Å²) in [6.45, 7) is 2.05. The number of allylic oxidation sites excluding steroid dienone is 1. The summed E-state index contributed by atoms with van der Waals surface area (Å²) < 4.78 is 43.5. The van der Waals surface area contributed by atoms with Crippen LogP contribution in [0.15, 0.2) is 71.7 Å². The van der Waals surface area contributed by atoms with E-state index >= 15 is 0 Å². The third-order valence-corrected chi connectivity index (χ3v) is 12.1. The van der Waals surface area contributed by atoms with E-state index in [0.29, 0.717) is 30.4 Å². The van der Waals surface area contributed by atoms with Crippen LogP contribution in [0.2, 0.25) is 5.02 Å². The van der Waals surface area contributed by atoms with Gasteiger partial charge in [-0.15, -0.1) is 0 Å². The third-order valence-electron chi connectivity index (χ3n) is 10.2. The minimum absolute atomic E-state index is 0.0148. The van der Waals surface area contributed by atoms with Gasteiger partial charge in [-0.25, -0.2) is 23.2 Å². The minimum atomic E-state index is -3.54. The number of ether oxygens (including phenoxy) is 3. The topological polar surface area (TPSA) is 108 Å². The van der Waals surface area contributed by atoms with Gasteiger partial charge in [-0.3, -0.25) is 0 Å². The molecule has 256 valence electrons. The highest BCUT2D eigenvalue weighted by molar-refractivity contribution is 7.91. The Morgan fingerprint density at radius 2 is 1.88 bits per heavy atom. The maximum atomic E-state index is 12.9. The van der Waals surface area contributed by atoms with E-state index in [-0.39, 0.29) is 28.9 Å². The van der Waals surface area contributed by atoms with E-state index in [4.69, 9.17) is 25.8 Å². The van der Waals surface area contributed by atoms with Crippen molar-refractivity contribution < 1.29 is 27.4 Å². The van der Waals surface area contributed by atoms with Crippen LogP contribution in [-0.2, 0) is 32.3 Å². The molecule has 0 radical (unpaired) electrons. The molecule has 0 bridgehead atoms. The molecule has 0 N–H and O–H groups in total. The Kier molecular flexibility index (Phi) is 11.0. The van der Waals surface area contributed by atoms with E-state index in [0.717, 1.165) is 80.1 Å². The lowest BCUT2D eigenvalue weighted by atomic mass is 9.67. The summed E-state index contributed by atoms with van der Waals surface area (Å²) in [5.41, 5.74) is 4.99. The number of methoxy groups -OCH3 is 2. The van der Waals surface area contributed by atoms with Gasteiger partial charge in [0.25, 0.3) is 0 Å². The second-order valence-corrected chi connectivity index (χ2v) is 15.5. The van der Waals surface area contributed by atoms with Crippen molar-refractivity contribution in [3.63, 3.8) is 0 Å². The first-order chi connectivity index (χ1) is 23.3. The number of carbonyl (C=O) groups is 1. The lowest BCUT2D eigenvalue weighted by molar-refractivity contribution is 0.00349. The number of carbonyl (C=O) groups excluding carboxylic acids is 1. The molecule has 2 unspecified atom stereocenters. The summed E-state index contributed by atoms with van der Waals surface area (Å²) in [4.78, 5) is 22.9. The molecule has 1 fully saturated rings. The van der Waals surface area contributed by atoms with Crippen LogP contribution in [0, 0.1) is 17.8 Å². The van der Waals surface area contributed by atoms with Crippen molar-refractivity contribution in [2.75, 3.05) is 38.0 Å². The zero-order chi connectivity index (χ0) is 33.7. The molecule has 2 heterocycles. The van der Waals surface area contributed by atoms with Crippen LogP contribution < -0.4 is 9.64 Å². The number of esters is 1. The highest BCUT2D eigenvalue weighted by Crippen LogP contribution is 2.44. The van der Waals surface area contributed by atoms with Gasteiger partial charge in [-0.1, -0.05) is 23.7 Å². The normalized spacial score (nSPS) is 22.1. The van der Waals surface area contributed by atoms with Crippen molar-refractivity contribution in [1.82, 2.24) is 9.97 Å². The molecule has 2 aromatic carbocycles. The Bertz CT molecular complexity index is 1730. The summed E-state index contributed by atoms with van der Waals surface area (Å²) in [5, 5.41) is 0.630. The number of hydrogen-bond donors (Lipinski definition) is 0. The van der Waals surface area contributed by atoms with Gasteiger partial charge in [0, 0.05) is 37.6 Å². The Morgan fingerprint density at radius 3 is 2.58 bits per heavy atom. The molecule has 1 aromatic heterocycles. The maximum absolute atomic E-state index is 12.9. The molecule has 4 atom stereocenters. The number of anilines is 1. The van der Waals surface area contributed by atoms with Crippen molar-refractivity contribution in [3.05, 3.63) is 88.2 Å². The lowest BCUT2D eigenvalue weighted by Crippen LogP contribution is -2.45. The molecule has 3 aliphatic rings. The minimum Gasteiger partial charge on any atom is -0.487 e. The molecule has 0 saturated heterocycles. The largest absolute Gasteiger partial charge is 0.487 e. The van der Waals surface area contributed by atoms with Gasteiger partial charge >= 0.3 is 5.97 Å². The van der Waals surface area contributed by atoms with Gasteiger partial charge in [0.15, 0.2) is 0 Å². The molecule has 3 aromatic rings. The molecule has 9 nitrogen and oxygen atoms in total. The second-order valence-electron chi connectivity index (χ2n) is 13.2. The van der Waals surface area contributed by atoms with Gasteiger partial charge in [-0.05, 0) is 122 Å². The third kappa shape index (κ3) is 7.87. The zero-order valence-corrected chi connectivity index (χ0v) is 29.2. The van der Waals surface area contributed by atoms with Crippen LogP contribution >= 0.6 is 11.6 Å². The van der Waals surface area contributed by atoms with E-state index in [1.165, 1.54) is 30.6 Å². The number of sulfone groups is 1. The number of nitrogens with zero attached hydrogens (tertiary/aromatic N) is 3. The fourth-order valence-electron chi connectivity index (χ4n) is 7.44. The van der Waals surface area contributed by atoms with E-state index < -0.39 is 9.84 Å². The van der Waals surface area contributed by atoms with Crippen LogP contribution in [0.3, 0.4) is 0 Å². The first kappa shape index (κ1) is 34.4. The smallest absolute Gasteiger partial charge is 0.337 e. The van der Waals surface area contributed by atoms with Gasteiger partial charge in [0.05, 0.1) is 30.2 Å².